The molecule has 0 saturated carbocycles. The average Bonchev–Trinajstić information content (AvgIpc) is 3.09. The van der Waals surface area contributed by atoms with Crippen molar-refractivity contribution in [2.24, 2.45) is 0 Å². The predicted molar refractivity (Wildman–Crippen MR) is 84.6 cm³/mol. The van der Waals surface area contributed by atoms with E-state index in [0.717, 1.165) is 16.7 Å². The first-order valence-electron chi connectivity index (χ1n) is 7.22. The van der Waals surface area contributed by atoms with Crippen LogP contribution in [0.3, 0.4) is 0 Å². The van der Waals surface area contributed by atoms with Crippen molar-refractivity contribution >= 4 is 5.91 Å². The van der Waals surface area contributed by atoms with Crippen molar-refractivity contribution in [3.63, 3.8) is 0 Å². The number of carbonyl (C=O) groups excluding carboxylic acids is 1. The topological polar surface area (TPSA) is 80.9 Å². The molecule has 0 aliphatic rings. The van der Waals surface area contributed by atoms with E-state index in [1.54, 1.807) is 13.1 Å². The summed E-state index contributed by atoms with van der Waals surface area (Å²) < 4.78 is 4.69. The maximum atomic E-state index is 12.4. The van der Waals surface area contributed by atoms with Gasteiger partial charge in [0.05, 0.1) is 11.6 Å². The standard InChI is InChI=1S/C17H16N4O2/c1-11-4-3-5-13(6-11)14-7-15(9-18-8-14)17(22)20-12(2)16-19-10-23-21-16/h3-10,12H,1-2H3,(H,20,22)/t12-/m1/s1. The van der Waals surface area contributed by atoms with Gasteiger partial charge in [0.25, 0.3) is 5.91 Å². The Morgan fingerprint density at radius 2 is 2.09 bits per heavy atom. The van der Waals surface area contributed by atoms with E-state index >= 15 is 0 Å². The van der Waals surface area contributed by atoms with Gasteiger partial charge in [0.2, 0.25) is 6.39 Å². The smallest absolute Gasteiger partial charge is 0.253 e. The molecule has 0 saturated heterocycles. The Hall–Kier alpha value is -3.02. The summed E-state index contributed by atoms with van der Waals surface area (Å²) in [7, 11) is 0. The molecular weight excluding hydrogens is 292 g/mol. The van der Waals surface area contributed by atoms with E-state index in [2.05, 4.69) is 31.0 Å². The summed E-state index contributed by atoms with van der Waals surface area (Å²) >= 11 is 0. The van der Waals surface area contributed by atoms with Gasteiger partial charge < -0.3 is 9.84 Å². The Labute approximate surface area is 133 Å². The minimum absolute atomic E-state index is 0.232. The van der Waals surface area contributed by atoms with Crippen molar-refractivity contribution < 1.29 is 9.32 Å². The Kier molecular flexibility index (Phi) is 4.14. The van der Waals surface area contributed by atoms with E-state index in [-0.39, 0.29) is 11.9 Å². The summed E-state index contributed by atoms with van der Waals surface area (Å²) in [5.74, 6) is 0.199. The minimum Gasteiger partial charge on any atom is -0.343 e. The molecule has 1 amide bonds. The molecule has 3 aromatic rings. The zero-order valence-electron chi connectivity index (χ0n) is 12.9. The first-order valence-corrected chi connectivity index (χ1v) is 7.22. The molecule has 2 aromatic heterocycles. The van der Waals surface area contributed by atoms with Gasteiger partial charge in [-0.2, -0.15) is 4.98 Å². The molecule has 0 radical (unpaired) electrons. The SMILES string of the molecule is Cc1cccc(-c2cncc(C(=O)N[C@H](C)c3ncon3)c2)c1. The third-order valence-corrected chi connectivity index (χ3v) is 3.47. The van der Waals surface area contributed by atoms with Gasteiger partial charge in [-0.15, -0.1) is 0 Å². The summed E-state index contributed by atoms with van der Waals surface area (Å²) in [6, 6.07) is 9.54. The van der Waals surface area contributed by atoms with E-state index in [9.17, 15) is 4.79 Å². The summed E-state index contributed by atoms with van der Waals surface area (Å²) in [6.45, 7) is 3.82. The predicted octanol–water partition coefficient (Wildman–Crippen LogP) is 2.93. The molecule has 6 heteroatoms. The molecule has 3 rings (SSSR count). The minimum atomic E-state index is -0.344. The normalized spacial score (nSPS) is 11.9. The molecule has 1 atom stereocenters. The number of rotatable bonds is 4. The molecule has 116 valence electrons. The second kappa shape index (κ2) is 6.39. The lowest BCUT2D eigenvalue weighted by atomic mass is 10.0. The number of amides is 1. The summed E-state index contributed by atoms with van der Waals surface area (Å²) in [5.41, 5.74) is 3.56. The monoisotopic (exact) mass is 308 g/mol. The van der Waals surface area contributed by atoms with Crippen LogP contribution in [0.15, 0.2) is 53.6 Å². The first kappa shape index (κ1) is 14.9. The van der Waals surface area contributed by atoms with Gasteiger partial charge in [-0.05, 0) is 25.5 Å². The fourth-order valence-corrected chi connectivity index (χ4v) is 2.26. The number of nitrogens with one attached hydrogen (secondary N) is 1. The second-order valence-electron chi connectivity index (χ2n) is 5.32. The van der Waals surface area contributed by atoms with Crippen LogP contribution < -0.4 is 5.32 Å². The quantitative estimate of drug-likeness (QED) is 0.801. The van der Waals surface area contributed by atoms with Crippen LogP contribution in [0.4, 0.5) is 0 Å². The number of carbonyl (C=O) groups is 1. The summed E-state index contributed by atoms with van der Waals surface area (Å²) in [5, 5.41) is 6.55. The highest BCUT2D eigenvalue weighted by Crippen LogP contribution is 2.20. The number of hydrogen-bond acceptors (Lipinski definition) is 5. The highest BCUT2D eigenvalue weighted by Gasteiger charge is 2.15. The Morgan fingerprint density at radius 1 is 1.22 bits per heavy atom. The maximum Gasteiger partial charge on any atom is 0.253 e. The zero-order valence-corrected chi connectivity index (χ0v) is 12.9. The van der Waals surface area contributed by atoms with Crippen LogP contribution in [0.25, 0.3) is 11.1 Å². The van der Waals surface area contributed by atoms with Crippen LogP contribution in [0.1, 0.15) is 34.7 Å². The van der Waals surface area contributed by atoms with Gasteiger partial charge in [-0.1, -0.05) is 35.0 Å². The molecular formula is C17H16N4O2. The van der Waals surface area contributed by atoms with Crippen molar-refractivity contribution in [3.8, 4) is 11.1 Å². The van der Waals surface area contributed by atoms with Crippen LogP contribution in [-0.2, 0) is 0 Å². The molecule has 0 fully saturated rings. The lowest BCUT2D eigenvalue weighted by Crippen LogP contribution is -2.27. The highest BCUT2D eigenvalue weighted by atomic mass is 16.5. The third kappa shape index (κ3) is 3.42. The largest absolute Gasteiger partial charge is 0.343 e. The number of benzene rings is 1. The fourth-order valence-electron chi connectivity index (χ4n) is 2.26. The van der Waals surface area contributed by atoms with Gasteiger partial charge in [0, 0.05) is 18.0 Å². The van der Waals surface area contributed by atoms with Crippen molar-refractivity contribution in [2.45, 2.75) is 19.9 Å². The van der Waals surface area contributed by atoms with Gasteiger partial charge >= 0.3 is 0 Å². The number of hydrogen-bond donors (Lipinski definition) is 1. The molecule has 0 bridgehead atoms. The zero-order chi connectivity index (χ0) is 16.2. The average molecular weight is 308 g/mol. The lowest BCUT2D eigenvalue weighted by molar-refractivity contribution is 0.0937. The van der Waals surface area contributed by atoms with Crippen molar-refractivity contribution in [1.82, 2.24) is 20.4 Å². The highest BCUT2D eigenvalue weighted by molar-refractivity contribution is 5.95. The third-order valence-electron chi connectivity index (χ3n) is 3.47. The number of aryl methyl sites for hydroxylation is 1. The van der Waals surface area contributed by atoms with Crippen molar-refractivity contribution in [3.05, 3.63) is 66.1 Å². The van der Waals surface area contributed by atoms with Crippen molar-refractivity contribution in [1.29, 1.82) is 0 Å². The summed E-state index contributed by atoms with van der Waals surface area (Å²) in [4.78, 5) is 20.5. The molecule has 1 aromatic carbocycles. The molecule has 0 spiro atoms. The lowest BCUT2D eigenvalue weighted by Gasteiger charge is -2.10. The Morgan fingerprint density at radius 3 is 2.83 bits per heavy atom. The molecule has 2 heterocycles. The Balaban J connectivity index is 1.80. The molecule has 6 nitrogen and oxygen atoms in total. The van der Waals surface area contributed by atoms with E-state index in [4.69, 9.17) is 0 Å². The molecule has 23 heavy (non-hydrogen) atoms. The molecule has 0 aliphatic heterocycles. The molecule has 1 N–H and O–H groups in total. The Bertz CT molecular complexity index is 815. The van der Waals surface area contributed by atoms with E-state index in [0.29, 0.717) is 11.4 Å². The molecule has 0 unspecified atom stereocenters. The van der Waals surface area contributed by atoms with Gasteiger partial charge in [0.15, 0.2) is 5.82 Å². The number of aromatic nitrogens is 3. The van der Waals surface area contributed by atoms with E-state index in [1.807, 2.05) is 31.2 Å². The van der Waals surface area contributed by atoms with Crippen LogP contribution in [0.5, 0.6) is 0 Å². The van der Waals surface area contributed by atoms with Crippen LogP contribution >= 0.6 is 0 Å². The number of pyridine rings is 1. The van der Waals surface area contributed by atoms with E-state index < -0.39 is 0 Å². The van der Waals surface area contributed by atoms with Gasteiger partial charge in [0.1, 0.15) is 0 Å². The fraction of sp³-hybridized carbons (Fsp3) is 0.176. The molecule has 0 aliphatic carbocycles. The number of nitrogens with zero attached hydrogens (tertiary/aromatic N) is 3. The van der Waals surface area contributed by atoms with Crippen LogP contribution in [0.2, 0.25) is 0 Å². The van der Waals surface area contributed by atoms with Crippen LogP contribution in [0, 0.1) is 6.92 Å². The van der Waals surface area contributed by atoms with E-state index in [1.165, 1.54) is 12.6 Å². The first-order chi connectivity index (χ1) is 11.1. The van der Waals surface area contributed by atoms with Crippen LogP contribution in [-0.4, -0.2) is 21.0 Å². The summed E-state index contributed by atoms with van der Waals surface area (Å²) in [6.07, 6.45) is 4.52. The maximum absolute atomic E-state index is 12.4. The van der Waals surface area contributed by atoms with Gasteiger partial charge in [-0.25, -0.2) is 0 Å². The van der Waals surface area contributed by atoms with Gasteiger partial charge in [-0.3, -0.25) is 9.78 Å². The van der Waals surface area contributed by atoms with Crippen molar-refractivity contribution in [2.75, 3.05) is 0 Å². The second-order valence-corrected chi connectivity index (χ2v) is 5.32.